The van der Waals surface area contributed by atoms with Crippen LogP contribution in [0.25, 0.3) is 0 Å². The molecule has 1 amide bonds. The van der Waals surface area contributed by atoms with Crippen molar-refractivity contribution in [3.05, 3.63) is 24.3 Å². The zero-order chi connectivity index (χ0) is 13.6. The molecule has 100 valence electrons. The summed E-state index contributed by atoms with van der Waals surface area (Å²) in [5.74, 6) is -0.241. The number of nitrogens with one attached hydrogen (secondary N) is 1. The summed E-state index contributed by atoms with van der Waals surface area (Å²) in [6.07, 6.45) is -4.55. The van der Waals surface area contributed by atoms with Crippen LogP contribution in [0.1, 0.15) is 6.42 Å². The van der Waals surface area contributed by atoms with Crippen molar-refractivity contribution in [1.82, 2.24) is 5.32 Å². The summed E-state index contributed by atoms with van der Waals surface area (Å²) >= 11 is 0. The molecular formula is C11H13F3N2O2. The molecule has 7 heteroatoms. The fraction of sp³-hybridized carbons (Fsp3) is 0.364. The van der Waals surface area contributed by atoms with E-state index in [1.54, 1.807) is 29.6 Å². The summed E-state index contributed by atoms with van der Waals surface area (Å²) < 4.78 is 40.5. The molecule has 1 aromatic carbocycles. The van der Waals surface area contributed by atoms with Crippen LogP contribution in [-0.4, -0.2) is 25.2 Å². The molecule has 0 aromatic heterocycles. The molecular weight excluding hydrogens is 249 g/mol. The van der Waals surface area contributed by atoms with Crippen molar-refractivity contribution in [1.29, 1.82) is 0 Å². The highest BCUT2D eigenvalue weighted by molar-refractivity contribution is 5.76. The van der Waals surface area contributed by atoms with Gasteiger partial charge in [-0.25, -0.2) is 0 Å². The minimum atomic E-state index is -4.40. The molecule has 0 fully saturated rings. The molecule has 3 N–H and O–H groups in total. The standard InChI is InChI=1S/C11H13F3N2O2/c12-11(13,14)7-16-10(17)4-5-18-9-3-1-2-8(15)6-9/h1-3,6H,4-5,7,15H2,(H,16,17). The fourth-order valence-electron chi connectivity index (χ4n) is 1.15. The van der Waals surface area contributed by atoms with Crippen LogP contribution >= 0.6 is 0 Å². The van der Waals surface area contributed by atoms with Gasteiger partial charge in [-0.2, -0.15) is 13.2 Å². The quantitative estimate of drug-likeness (QED) is 0.794. The molecule has 18 heavy (non-hydrogen) atoms. The van der Waals surface area contributed by atoms with Crippen LogP contribution in [0.2, 0.25) is 0 Å². The number of nitrogen functional groups attached to an aromatic ring is 1. The van der Waals surface area contributed by atoms with E-state index in [-0.39, 0.29) is 13.0 Å². The lowest BCUT2D eigenvalue weighted by Gasteiger charge is -2.09. The van der Waals surface area contributed by atoms with E-state index in [0.717, 1.165) is 0 Å². The molecule has 0 atom stereocenters. The number of benzene rings is 1. The van der Waals surface area contributed by atoms with Crippen LogP contribution < -0.4 is 15.8 Å². The molecule has 4 nitrogen and oxygen atoms in total. The first-order valence-electron chi connectivity index (χ1n) is 5.18. The van der Waals surface area contributed by atoms with Gasteiger partial charge in [0.25, 0.3) is 0 Å². The first-order valence-corrected chi connectivity index (χ1v) is 5.18. The minimum absolute atomic E-state index is 0.00680. The second kappa shape index (κ2) is 6.13. The zero-order valence-corrected chi connectivity index (χ0v) is 9.46. The number of ether oxygens (including phenoxy) is 1. The third-order valence-corrected chi connectivity index (χ3v) is 1.94. The summed E-state index contributed by atoms with van der Waals surface area (Å²) in [6.45, 7) is -1.34. The number of carbonyl (C=O) groups excluding carboxylic acids is 1. The molecule has 0 bridgehead atoms. The number of anilines is 1. The first kappa shape index (κ1) is 14.1. The van der Waals surface area contributed by atoms with Crippen molar-refractivity contribution in [2.45, 2.75) is 12.6 Å². The van der Waals surface area contributed by atoms with Gasteiger partial charge < -0.3 is 15.8 Å². The van der Waals surface area contributed by atoms with Crippen molar-refractivity contribution in [3.63, 3.8) is 0 Å². The molecule has 0 saturated heterocycles. The molecule has 1 rings (SSSR count). The summed E-state index contributed by atoms with van der Waals surface area (Å²) in [4.78, 5) is 11.0. The first-order chi connectivity index (χ1) is 8.37. The Morgan fingerprint density at radius 1 is 1.39 bits per heavy atom. The maximum Gasteiger partial charge on any atom is 0.405 e. The lowest BCUT2D eigenvalue weighted by molar-refractivity contribution is -0.138. The van der Waals surface area contributed by atoms with Crippen LogP contribution in [0.5, 0.6) is 5.75 Å². The van der Waals surface area contributed by atoms with Gasteiger partial charge in [0.1, 0.15) is 12.3 Å². The lowest BCUT2D eigenvalue weighted by Crippen LogP contribution is -2.34. The van der Waals surface area contributed by atoms with Gasteiger partial charge in [0.05, 0.1) is 13.0 Å². The zero-order valence-electron chi connectivity index (χ0n) is 9.46. The molecule has 0 aliphatic heterocycles. The monoisotopic (exact) mass is 262 g/mol. The average molecular weight is 262 g/mol. The van der Waals surface area contributed by atoms with Gasteiger partial charge in [-0.1, -0.05) is 6.07 Å². The van der Waals surface area contributed by atoms with Crippen molar-refractivity contribution in [2.75, 3.05) is 18.9 Å². The van der Waals surface area contributed by atoms with Crippen molar-refractivity contribution < 1.29 is 22.7 Å². The largest absolute Gasteiger partial charge is 0.493 e. The maximum atomic E-state index is 11.8. The molecule has 0 radical (unpaired) electrons. The van der Waals surface area contributed by atoms with Crippen LogP contribution in [0.4, 0.5) is 18.9 Å². The third-order valence-electron chi connectivity index (χ3n) is 1.94. The van der Waals surface area contributed by atoms with E-state index in [9.17, 15) is 18.0 Å². The van der Waals surface area contributed by atoms with Gasteiger partial charge >= 0.3 is 6.18 Å². The molecule has 0 unspecified atom stereocenters. The van der Waals surface area contributed by atoms with Gasteiger partial charge in [-0.05, 0) is 12.1 Å². The molecule has 0 saturated carbocycles. The molecule has 0 aliphatic carbocycles. The highest BCUT2D eigenvalue weighted by atomic mass is 19.4. The Morgan fingerprint density at radius 3 is 2.72 bits per heavy atom. The second-order valence-corrected chi connectivity index (χ2v) is 3.56. The van der Waals surface area contributed by atoms with E-state index in [1.165, 1.54) is 0 Å². The maximum absolute atomic E-state index is 11.8. The predicted octanol–water partition coefficient (Wildman–Crippen LogP) is 1.72. The Kier molecular flexibility index (Phi) is 4.82. The van der Waals surface area contributed by atoms with Gasteiger partial charge in [-0.3, -0.25) is 4.79 Å². The van der Waals surface area contributed by atoms with E-state index in [1.807, 2.05) is 0 Å². The summed E-state index contributed by atoms with van der Waals surface area (Å²) in [6, 6.07) is 6.55. The topological polar surface area (TPSA) is 64.3 Å². The predicted molar refractivity (Wildman–Crippen MR) is 60.0 cm³/mol. The Balaban J connectivity index is 2.23. The van der Waals surface area contributed by atoms with E-state index in [4.69, 9.17) is 10.5 Å². The Bertz CT molecular complexity index is 408. The highest BCUT2D eigenvalue weighted by Gasteiger charge is 2.27. The van der Waals surface area contributed by atoms with Crippen LogP contribution in [0, 0.1) is 0 Å². The van der Waals surface area contributed by atoms with Gasteiger partial charge in [0.15, 0.2) is 0 Å². The average Bonchev–Trinajstić information content (AvgIpc) is 2.25. The number of amides is 1. The summed E-state index contributed by atoms with van der Waals surface area (Å²) in [5.41, 5.74) is 6.01. The van der Waals surface area contributed by atoms with Crippen molar-refractivity contribution >= 4 is 11.6 Å². The Labute approximate surface area is 102 Å². The SMILES string of the molecule is Nc1cccc(OCCC(=O)NCC(F)(F)F)c1. The molecule has 0 spiro atoms. The number of hydrogen-bond acceptors (Lipinski definition) is 3. The third kappa shape index (κ3) is 5.97. The normalized spacial score (nSPS) is 11.1. The lowest BCUT2D eigenvalue weighted by atomic mass is 10.3. The number of alkyl halides is 3. The number of hydrogen-bond donors (Lipinski definition) is 2. The van der Waals surface area contributed by atoms with Gasteiger partial charge in [0, 0.05) is 11.8 Å². The van der Waals surface area contributed by atoms with Gasteiger partial charge in [0.2, 0.25) is 5.91 Å². The van der Waals surface area contributed by atoms with E-state index in [0.29, 0.717) is 11.4 Å². The molecule has 0 heterocycles. The van der Waals surface area contributed by atoms with Gasteiger partial charge in [-0.15, -0.1) is 0 Å². The van der Waals surface area contributed by atoms with Crippen molar-refractivity contribution in [3.8, 4) is 5.75 Å². The van der Waals surface area contributed by atoms with E-state index >= 15 is 0 Å². The second-order valence-electron chi connectivity index (χ2n) is 3.56. The van der Waals surface area contributed by atoms with Crippen LogP contribution in [-0.2, 0) is 4.79 Å². The van der Waals surface area contributed by atoms with Crippen LogP contribution in [0.3, 0.4) is 0 Å². The van der Waals surface area contributed by atoms with E-state index in [2.05, 4.69) is 0 Å². The summed E-state index contributed by atoms with van der Waals surface area (Å²) in [7, 11) is 0. The number of halogens is 3. The number of nitrogens with two attached hydrogens (primary N) is 1. The highest BCUT2D eigenvalue weighted by Crippen LogP contribution is 2.14. The number of rotatable bonds is 5. The molecule has 1 aromatic rings. The summed E-state index contributed by atoms with van der Waals surface area (Å²) in [5, 5.41) is 1.75. The van der Waals surface area contributed by atoms with Crippen molar-refractivity contribution in [2.24, 2.45) is 0 Å². The Hall–Kier alpha value is -1.92. The van der Waals surface area contributed by atoms with E-state index < -0.39 is 18.6 Å². The van der Waals surface area contributed by atoms with Crippen LogP contribution in [0.15, 0.2) is 24.3 Å². The minimum Gasteiger partial charge on any atom is -0.493 e. The molecule has 0 aliphatic rings. The number of carbonyl (C=O) groups is 1. The fourth-order valence-corrected chi connectivity index (χ4v) is 1.15. The Morgan fingerprint density at radius 2 is 2.11 bits per heavy atom. The smallest absolute Gasteiger partial charge is 0.405 e.